The average Bonchev–Trinajstić information content (AvgIpc) is 2.61. The topological polar surface area (TPSA) is 27.7 Å². The smallest absolute Gasteiger partial charge is 0.0840 e. The summed E-state index contributed by atoms with van der Waals surface area (Å²) in [5.74, 6) is 3.72. The third-order valence-electron chi connectivity index (χ3n) is 7.73. The Balaban J connectivity index is 1.87. The van der Waals surface area contributed by atoms with Gasteiger partial charge in [0.1, 0.15) is 0 Å². The van der Waals surface area contributed by atoms with Crippen molar-refractivity contribution in [3.63, 3.8) is 0 Å². The molecular formula is C22H42O3. The predicted molar refractivity (Wildman–Crippen MR) is 104 cm³/mol. The van der Waals surface area contributed by atoms with Gasteiger partial charge in [0.25, 0.3) is 0 Å². The second kappa shape index (κ2) is 9.19. The van der Waals surface area contributed by atoms with Crippen molar-refractivity contribution in [1.29, 1.82) is 0 Å². The highest BCUT2D eigenvalue weighted by atomic mass is 16.6. The summed E-state index contributed by atoms with van der Waals surface area (Å²) in [6.07, 6.45) is 3.35. The molecule has 0 aromatic carbocycles. The number of hydrogen-bond acceptors (Lipinski definition) is 3. The van der Waals surface area contributed by atoms with E-state index in [4.69, 9.17) is 14.2 Å². The molecule has 2 aliphatic heterocycles. The van der Waals surface area contributed by atoms with Gasteiger partial charge in [0.2, 0.25) is 0 Å². The molecule has 0 N–H and O–H groups in total. The lowest BCUT2D eigenvalue weighted by atomic mass is 9.75. The molecule has 0 bridgehead atoms. The molecule has 2 fully saturated rings. The molecule has 0 spiro atoms. The fourth-order valence-electron chi connectivity index (χ4n) is 4.88. The van der Waals surface area contributed by atoms with E-state index in [9.17, 15) is 0 Å². The van der Waals surface area contributed by atoms with Crippen LogP contribution in [0.1, 0.15) is 68.2 Å². The molecular weight excluding hydrogens is 312 g/mol. The summed E-state index contributed by atoms with van der Waals surface area (Å²) in [6, 6.07) is 0. The summed E-state index contributed by atoms with van der Waals surface area (Å²) >= 11 is 0. The van der Waals surface area contributed by atoms with Gasteiger partial charge in [0.15, 0.2) is 0 Å². The van der Waals surface area contributed by atoms with E-state index < -0.39 is 0 Å². The summed E-state index contributed by atoms with van der Waals surface area (Å²) in [7, 11) is 0. The Morgan fingerprint density at radius 2 is 0.840 bits per heavy atom. The van der Waals surface area contributed by atoms with Crippen molar-refractivity contribution in [2.45, 2.75) is 92.6 Å². The maximum atomic E-state index is 6.36. The quantitative estimate of drug-likeness (QED) is 0.658. The highest BCUT2D eigenvalue weighted by molar-refractivity contribution is 4.87. The highest BCUT2D eigenvalue weighted by Crippen LogP contribution is 2.38. The number of hydrogen-bond donors (Lipinski definition) is 0. The first-order chi connectivity index (χ1) is 11.8. The molecule has 0 aromatic rings. The van der Waals surface area contributed by atoms with E-state index in [1.165, 1.54) is 0 Å². The van der Waals surface area contributed by atoms with Crippen molar-refractivity contribution < 1.29 is 14.2 Å². The summed E-state index contributed by atoms with van der Waals surface area (Å²) in [5, 5.41) is 0. The average molecular weight is 355 g/mol. The van der Waals surface area contributed by atoms with Crippen LogP contribution in [0.4, 0.5) is 0 Å². The van der Waals surface area contributed by atoms with Crippen molar-refractivity contribution in [3.05, 3.63) is 0 Å². The van der Waals surface area contributed by atoms with Crippen LogP contribution in [0.25, 0.3) is 0 Å². The van der Waals surface area contributed by atoms with Gasteiger partial charge in [-0.15, -0.1) is 0 Å². The second-order valence-electron chi connectivity index (χ2n) is 8.93. The van der Waals surface area contributed by atoms with Gasteiger partial charge < -0.3 is 14.2 Å². The largest absolute Gasteiger partial charge is 0.376 e. The van der Waals surface area contributed by atoms with Gasteiger partial charge in [0, 0.05) is 0 Å². The Kier molecular flexibility index (Phi) is 7.79. The summed E-state index contributed by atoms with van der Waals surface area (Å²) < 4.78 is 18.9. The first kappa shape index (κ1) is 21.2. The van der Waals surface area contributed by atoms with Crippen molar-refractivity contribution >= 4 is 0 Å². The standard InChI is InChI=1S/C22H42O3/c1-9-19-15(5)13(3)17(7)21(24-19)11-23-12-22-18(8)14(4)16(6)20(10-2)25-22/h13-22H,9-12H2,1-8H3. The zero-order chi connectivity index (χ0) is 18.7. The van der Waals surface area contributed by atoms with E-state index in [0.717, 1.165) is 12.8 Å². The molecule has 0 aromatic heterocycles. The van der Waals surface area contributed by atoms with Crippen molar-refractivity contribution in [1.82, 2.24) is 0 Å². The Labute approximate surface area is 156 Å². The highest BCUT2D eigenvalue weighted by Gasteiger charge is 2.40. The van der Waals surface area contributed by atoms with Crippen LogP contribution in [-0.2, 0) is 14.2 Å². The monoisotopic (exact) mass is 354 g/mol. The van der Waals surface area contributed by atoms with E-state index in [2.05, 4.69) is 55.4 Å². The molecule has 2 rings (SSSR count). The predicted octanol–water partition coefficient (Wildman–Crippen LogP) is 5.17. The normalized spacial score (nSPS) is 48.5. The number of ether oxygens (including phenoxy) is 3. The molecule has 2 heterocycles. The third-order valence-corrected chi connectivity index (χ3v) is 7.73. The van der Waals surface area contributed by atoms with E-state index in [1.54, 1.807) is 0 Å². The van der Waals surface area contributed by atoms with E-state index in [-0.39, 0.29) is 12.2 Å². The van der Waals surface area contributed by atoms with Crippen LogP contribution in [-0.4, -0.2) is 37.6 Å². The molecule has 0 aliphatic carbocycles. The fourth-order valence-corrected chi connectivity index (χ4v) is 4.88. The van der Waals surface area contributed by atoms with Crippen LogP contribution in [0.3, 0.4) is 0 Å². The van der Waals surface area contributed by atoms with Crippen LogP contribution in [0.5, 0.6) is 0 Å². The maximum Gasteiger partial charge on any atom is 0.0840 e. The fraction of sp³-hybridized carbons (Fsp3) is 1.00. The van der Waals surface area contributed by atoms with Gasteiger partial charge in [-0.1, -0.05) is 55.4 Å². The Hall–Kier alpha value is -0.120. The van der Waals surface area contributed by atoms with Gasteiger partial charge in [-0.05, 0) is 48.3 Å². The van der Waals surface area contributed by atoms with Crippen molar-refractivity contribution in [2.24, 2.45) is 35.5 Å². The molecule has 2 saturated heterocycles. The van der Waals surface area contributed by atoms with E-state index in [1.807, 2.05) is 0 Å². The van der Waals surface area contributed by atoms with Crippen LogP contribution < -0.4 is 0 Å². The molecule has 2 aliphatic rings. The summed E-state index contributed by atoms with van der Waals surface area (Å²) in [6.45, 7) is 19.9. The van der Waals surface area contributed by atoms with Gasteiger partial charge in [0.05, 0.1) is 37.6 Å². The van der Waals surface area contributed by atoms with Gasteiger partial charge in [-0.25, -0.2) is 0 Å². The third kappa shape index (κ3) is 4.59. The maximum absolute atomic E-state index is 6.36. The lowest BCUT2D eigenvalue weighted by molar-refractivity contribution is -0.182. The van der Waals surface area contributed by atoms with Gasteiger partial charge >= 0.3 is 0 Å². The minimum atomic E-state index is 0.216. The first-order valence-corrected chi connectivity index (χ1v) is 10.7. The Bertz CT molecular complexity index is 359. The SMILES string of the molecule is CCC1OC(COCC2OC(CC)C(C)C(C)C2C)C(C)C(C)C1C. The van der Waals surface area contributed by atoms with Crippen LogP contribution in [0.2, 0.25) is 0 Å². The zero-order valence-electron chi connectivity index (χ0n) is 17.8. The van der Waals surface area contributed by atoms with Crippen LogP contribution in [0.15, 0.2) is 0 Å². The zero-order valence-corrected chi connectivity index (χ0v) is 17.8. The second-order valence-corrected chi connectivity index (χ2v) is 8.93. The number of rotatable bonds is 6. The lowest BCUT2D eigenvalue weighted by Crippen LogP contribution is -2.48. The molecule has 148 valence electrons. The van der Waals surface area contributed by atoms with Gasteiger partial charge in [-0.3, -0.25) is 0 Å². The minimum absolute atomic E-state index is 0.216. The molecule has 3 nitrogen and oxygen atoms in total. The molecule has 0 radical (unpaired) electrons. The molecule has 3 heteroatoms. The van der Waals surface area contributed by atoms with E-state index >= 15 is 0 Å². The summed E-state index contributed by atoms with van der Waals surface area (Å²) in [5.41, 5.74) is 0. The lowest BCUT2D eigenvalue weighted by Gasteiger charge is -2.45. The first-order valence-electron chi connectivity index (χ1n) is 10.7. The van der Waals surface area contributed by atoms with Gasteiger partial charge in [-0.2, -0.15) is 0 Å². The Morgan fingerprint density at radius 3 is 1.16 bits per heavy atom. The summed E-state index contributed by atoms with van der Waals surface area (Å²) in [4.78, 5) is 0. The van der Waals surface area contributed by atoms with Crippen molar-refractivity contribution in [3.8, 4) is 0 Å². The van der Waals surface area contributed by atoms with Crippen molar-refractivity contribution in [2.75, 3.05) is 13.2 Å². The molecule has 10 atom stereocenters. The molecule has 25 heavy (non-hydrogen) atoms. The molecule has 0 saturated carbocycles. The molecule has 0 amide bonds. The minimum Gasteiger partial charge on any atom is -0.376 e. The van der Waals surface area contributed by atoms with E-state index in [0.29, 0.717) is 60.9 Å². The van der Waals surface area contributed by atoms with Crippen LogP contribution >= 0.6 is 0 Å². The molecule has 10 unspecified atom stereocenters. The van der Waals surface area contributed by atoms with Crippen LogP contribution in [0, 0.1) is 35.5 Å². The Morgan fingerprint density at radius 1 is 0.520 bits per heavy atom.